The Bertz CT molecular complexity index is 2280. The molecule has 96 heavy (non-hydrogen) atoms. The third-order valence-electron chi connectivity index (χ3n) is 22.9. The van der Waals surface area contributed by atoms with Gasteiger partial charge in [-0.2, -0.15) is 0 Å². The Hall–Kier alpha value is -4.24. The molecule has 10 rings (SSSR count). The highest BCUT2D eigenvalue weighted by Crippen LogP contribution is 2.61. The molecule has 0 amide bonds. The van der Waals surface area contributed by atoms with Crippen molar-refractivity contribution in [2.24, 2.45) is 69.0 Å². The lowest BCUT2D eigenvalue weighted by Gasteiger charge is -2.60. The molecule has 8 bridgehead atoms. The van der Waals surface area contributed by atoms with Gasteiger partial charge in [-0.3, -0.25) is 28.8 Å². The molecule has 10 saturated carbocycles. The van der Waals surface area contributed by atoms with E-state index in [9.17, 15) is 38.4 Å². The van der Waals surface area contributed by atoms with Crippen LogP contribution in [0.1, 0.15) is 350 Å². The molecule has 16 nitrogen and oxygen atoms in total. The molecule has 10 aliphatic rings. The van der Waals surface area contributed by atoms with Gasteiger partial charge in [0.2, 0.25) is 0 Å². The van der Waals surface area contributed by atoms with Crippen LogP contribution in [0.3, 0.4) is 0 Å². The fourth-order valence-corrected chi connectivity index (χ4v) is 15.4. The first-order chi connectivity index (χ1) is 41.2. The van der Waals surface area contributed by atoms with Crippen LogP contribution in [0.4, 0.5) is 0 Å². The fraction of sp³-hybridized carbons (Fsp3) is 0.900. The van der Waals surface area contributed by atoms with Gasteiger partial charge in [0.15, 0.2) is 13.2 Å². The molecule has 0 spiro atoms. The third-order valence-corrected chi connectivity index (χ3v) is 22.9. The molecule has 568 valence electrons. The van der Waals surface area contributed by atoms with Crippen LogP contribution in [-0.2, 0) is 76.3 Å². The van der Waals surface area contributed by atoms with Crippen molar-refractivity contribution in [1.82, 2.24) is 0 Å². The Morgan fingerprint density at radius 3 is 0.969 bits per heavy atom. The van der Waals surface area contributed by atoms with E-state index in [4.69, 9.17) is 37.9 Å². The van der Waals surface area contributed by atoms with Gasteiger partial charge in [-0.15, -0.1) is 0 Å². The Balaban J connectivity index is -0.000000576. The summed E-state index contributed by atoms with van der Waals surface area (Å²) in [4.78, 5) is 96.0. The Morgan fingerprint density at radius 2 is 0.646 bits per heavy atom. The summed E-state index contributed by atoms with van der Waals surface area (Å²) in [5.41, 5.74) is -3.33. The summed E-state index contributed by atoms with van der Waals surface area (Å²) < 4.78 is 43.9. The Kier molecular flexibility index (Phi) is 43.1. The average Bonchev–Trinajstić information content (AvgIpc) is 0.739. The molecule has 0 aromatic rings. The van der Waals surface area contributed by atoms with E-state index in [0.717, 1.165) is 101 Å². The van der Waals surface area contributed by atoms with Crippen molar-refractivity contribution in [1.29, 1.82) is 0 Å². The SMILES string of the molecule is C.C.C.C.C.C.C.C.CCC(C)(C)C(=O)OCC(=O)OC1(C)CCCCC1.CCC(C)(C)C(=O)OCCC(=O)OC1(C)C2CC3CC(C2)CC1C3.CCC(C)(C)C(=O)OCCC(=O)OC1(CC)C2CC3CC(C2)CC1C3.CCC1(OC(=O)COC(=O)C(C)(C)CC)CCCCC1. The van der Waals surface area contributed by atoms with E-state index in [1.165, 1.54) is 77.0 Å². The number of carbonyl (C=O) groups is 8. The molecule has 0 N–H and O–H groups in total. The van der Waals surface area contributed by atoms with Crippen molar-refractivity contribution in [3.8, 4) is 0 Å². The van der Waals surface area contributed by atoms with E-state index >= 15 is 0 Å². The average molecular weight is 1370 g/mol. The van der Waals surface area contributed by atoms with E-state index < -0.39 is 33.6 Å². The molecule has 16 heteroatoms. The van der Waals surface area contributed by atoms with Gasteiger partial charge in [-0.25, -0.2) is 9.59 Å². The highest BCUT2D eigenvalue weighted by atomic mass is 16.6. The van der Waals surface area contributed by atoms with Crippen LogP contribution in [-0.4, -0.2) is 96.6 Å². The van der Waals surface area contributed by atoms with E-state index in [2.05, 4.69) is 13.8 Å². The lowest BCUT2D eigenvalue weighted by Crippen LogP contribution is -2.59. The Labute approximate surface area is 589 Å². The van der Waals surface area contributed by atoms with Crippen molar-refractivity contribution in [3.05, 3.63) is 0 Å². The van der Waals surface area contributed by atoms with E-state index in [1.807, 2.05) is 96.9 Å². The van der Waals surface area contributed by atoms with Gasteiger partial charge in [0.1, 0.15) is 35.6 Å². The van der Waals surface area contributed by atoms with Crippen molar-refractivity contribution in [3.63, 3.8) is 0 Å². The molecular formula is C80H152O16. The molecule has 0 aromatic heterocycles. The smallest absolute Gasteiger partial charge is 0.344 e. The summed E-state index contributed by atoms with van der Waals surface area (Å²) in [5, 5.41) is 0. The predicted molar refractivity (Wildman–Crippen MR) is 391 cm³/mol. The van der Waals surface area contributed by atoms with Crippen LogP contribution in [0, 0.1) is 69.0 Å². The van der Waals surface area contributed by atoms with Crippen LogP contribution in [0.5, 0.6) is 0 Å². The number of esters is 8. The maximum absolute atomic E-state index is 12.5. The number of ether oxygens (including phenoxy) is 8. The number of hydrogen-bond donors (Lipinski definition) is 0. The number of hydrogen-bond acceptors (Lipinski definition) is 16. The molecule has 0 unspecified atom stereocenters. The zero-order valence-corrected chi connectivity index (χ0v) is 57.8. The summed E-state index contributed by atoms with van der Waals surface area (Å²) in [6.45, 7) is 30.5. The normalized spacial score (nSPS) is 26.3. The van der Waals surface area contributed by atoms with Gasteiger partial charge in [-0.05, 0) is 271 Å². The van der Waals surface area contributed by atoms with Crippen molar-refractivity contribution >= 4 is 47.8 Å². The molecule has 0 aliphatic heterocycles. The predicted octanol–water partition coefficient (Wildman–Crippen LogP) is 20.6. The second-order valence-corrected chi connectivity index (χ2v) is 31.0. The van der Waals surface area contributed by atoms with Crippen LogP contribution in [0.2, 0.25) is 0 Å². The lowest BCUT2D eigenvalue weighted by molar-refractivity contribution is -0.211. The zero-order valence-electron chi connectivity index (χ0n) is 57.8. The zero-order chi connectivity index (χ0) is 65.5. The fourth-order valence-electron chi connectivity index (χ4n) is 15.4. The van der Waals surface area contributed by atoms with E-state index in [0.29, 0.717) is 36.5 Å². The second-order valence-electron chi connectivity index (χ2n) is 31.0. The molecule has 0 atom stereocenters. The van der Waals surface area contributed by atoms with E-state index in [1.54, 1.807) is 0 Å². The summed E-state index contributed by atoms with van der Waals surface area (Å²) >= 11 is 0. The Morgan fingerprint density at radius 1 is 0.344 bits per heavy atom. The van der Waals surface area contributed by atoms with Crippen LogP contribution >= 0.6 is 0 Å². The molecule has 0 heterocycles. The molecule has 0 aromatic carbocycles. The number of rotatable bonds is 24. The highest BCUT2D eigenvalue weighted by molar-refractivity contribution is 5.81. The molecule has 10 aliphatic carbocycles. The largest absolute Gasteiger partial charge is 0.465 e. The maximum atomic E-state index is 12.5. The van der Waals surface area contributed by atoms with Gasteiger partial charge in [0, 0.05) is 0 Å². The first-order valence-corrected chi connectivity index (χ1v) is 34.7. The van der Waals surface area contributed by atoms with Gasteiger partial charge < -0.3 is 37.9 Å². The first-order valence-electron chi connectivity index (χ1n) is 34.7. The quantitative estimate of drug-likeness (QED) is 0.0650. The van der Waals surface area contributed by atoms with E-state index in [-0.39, 0.29) is 157 Å². The van der Waals surface area contributed by atoms with Gasteiger partial charge in [-0.1, -0.05) is 114 Å². The minimum absolute atomic E-state index is 0. The highest BCUT2D eigenvalue weighted by Gasteiger charge is 2.59. The van der Waals surface area contributed by atoms with Gasteiger partial charge in [0.25, 0.3) is 0 Å². The first kappa shape index (κ1) is 98.1. The van der Waals surface area contributed by atoms with Crippen molar-refractivity contribution in [2.45, 2.75) is 372 Å². The van der Waals surface area contributed by atoms with Crippen molar-refractivity contribution in [2.75, 3.05) is 26.4 Å². The van der Waals surface area contributed by atoms with Gasteiger partial charge >= 0.3 is 47.8 Å². The summed E-state index contributed by atoms with van der Waals surface area (Å²) in [6, 6.07) is 0. The standard InChI is InChI=1S/C21H34O4.C20H32O4.C16H28O4.C15H26O4.8CH4/c1-5-20(3,4)19(23)24-8-7-18(22)25-21(6-2)16-10-14-9-15(12-16)13-17(21)11-14;1-5-19(2,3)18(22)23-7-6-17(21)24-20(4)15-9-13-8-14(11-15)12-16(20)10-13;1-5-15(3,4)14(18)19-12-13(17)20-16(6-2)10-8-7-9-11-16;1-5-14(2,3)13(17)18-11-12(16)19-15(4)9-7-6-8-10-15;;;;;;;;/h14-17H,5-13H2,1-4H3;13-16H,5-12H2,1-4H3;5-12H2,1-4H3;5-11H2,1-4H3;8*1H4. The number of carbonyl (C=O) groups excluding carboxylic acids is 8. The van der Waals surface area contributed by atoms with Crippen molar-refractivity contribution < 1.29 is 76.3 Å². The lowest BCUT2D eigenvalue weighted by atomic mass is 9.49. The van der Waals surface area contributed by atoms with Crippen LogP contribution < -0.4 is 0 Å². The topological polar surface area (TPSA) is 210 Å². The minimum atomic E-state index is -0.548. The molecule has 0 radical (unpaired) electrons. The van der Waals surface area contributed by atoms with Crippen LogP contribution in [0.25, 0.3) is 0 Å². The van der Waals surface area contributed by atoms with Gasteiger partial charge in [0.05, 0.1) is 34.5 Å². The monoisotopic (exact) mass is 1370 g/mol. The molecule has 0 saturated heterocycles. The molecular weight excluding hydrogens is 1220 g/mol. The summed E-state index contributed by atoms with van der Waals surface area (Å²) in [5.74, 6) is 3.14. The maximum Gasteiger partial charge on any atom is 0.344 e. The summed E-state index contributed by atoms with van der Waals surface area (Å²) in [7, 11) is 0. The minimum Gasteiger partial charge on any atom is -0.465 e. The van der Waals surface area contributed by atoms with Crippen LogP contribution in [0.15, 0.2) is 0 Å². The second kappa shape index (κ2) is 42.1. The summed E-state index contributed by atoms with van der Waals surface area (Å²) in [6.07, 6.45) is 27.9. The third kappa shape index (κ3) is 26.4. The molecule has 10 fully saturated rings.